The third-order valence-electron chi connectivity index (χ3n) is 7.93. The smallest absolute Gasteiger partial charge is 0.225 e. The molecular formula is C29H39FN2O3. The molecule has 1 aliphatic carbocycles. The number of hydrogen-bond acceptors (Lipinski definition) is 4. The van der Waals surface area contributed by atoms with E-state index >= 15 is 4.39 Å². The van der Waals surface area contributed by atoms with Gasteiger partial charge in [-0.15, -0.1) is 0 Å². The Morgan fingerprint density at radius 2 is 1.94 bits per heavy atom. The minimum Gasteiger partial charge on any atom is -0.385 e. The number of amides is 1. The Morgan fingerprint density at radius 3 is 2.66 bits per heavy atom. The van der Waals surface area contributed by atoms with Crippen LogP contribution in [0.5, 0.6) is 0 Å². The van der Waals surface area contributed by atoms with Crippen molar-refractivity contribution in [1.82, 2.24) is 4.90 Å². The SMILES string of the molecule is COCCCC[C@@](O)(c1cccc(F)c1-c1ccccc1)[C@@H]1CCCN(C(=O)[C@@H]2CC[C@H](N)C2)C1. The first kappa shape index (κ1) is 25.8. The predicted octanol–water partition coefficient (Wildman–Crippen LogP) is 4.86. The van der Waals surface area contributed by atoms with Crippen molar-refractivity contribution in [3.05, 3.63) is 59.9 Å². The second-order valence-electron chi connectivity index (χ2n) is 10.3. The summed E-state index contributed by atoms with van der Waals surface area (Å²) in [6.45, 7) is 1.80. The highest BCUT2D eigenvalue weighted by atomic mass is 19.1. The Labute approximate surface area is 208 Å². The zero-order valence-electron chi connectivity index (χ0n) is 20.8. The summed E-state index contributed by atoms with van der Waals surface area (Å²) in [6, 6.07) is 14.5. The number of unbranched alkanes of at least 4 members (excludes halogenated alkanes) is 1. The Morgan fingerprint density at radius 1 is 1.14 bits per heavy atom. The first-order valence-electron chi connectivity index (χ1n) is 13.0. The van der Waals surface area contributed by atoms with E-state index in [1.807, 2.05) is 41.3 Å². The van der Waals surface area contributed by atoms with Crippen LogP contribution < -0.4 is 5.73 Å². The highest BCUT2D eigenvalue weighted by Crippen LogP contribution is 2.44. The van der Waals surface area contributed by atoms with Crippen molar-refractivity contribution in [3.8, 4) is 11.1 Å². The molecule has 2 aromatic carbocycles. The second kappa shape index (κ2) is 11.6. The van der Waals surface area contributed by atoms with Crippen LogP contribution in [0.1, 0.15) is 56.9 Å². The van der Waals surface area contributed by atoms with Crippen molar-refractivity contribution in [1.29, 1.82) is 0 Å². The molecule has 0 bridgehead atoms. The van der Waals surface area contributed by atoms with Gasteiger partial charge in [0.15, 0.2) is 0 Å². The largest absolute Gasteiger partial charge is 0.385 e. The van der Waals surface area contributed by atoms with Crippen molar-refractivity contribution in [3.63, 3.8) is 0 Å². The number of carbonyl (C=O) groups is 1. The molecule has 2 aliphatic rings. The van der Waals surface area contributed by atoms with E-state index in [1.54, 1.807) is 13.2 Å². The lowest BCUT2D eigenvalue weighted by molar-refractivity contribution is -0.140. The van der Waals surface area contributed by atoms with Gasteiger partial charge in [0.05, 0.1) is 5.60 Å². The molecule has 1 aliphatic heterocycles. The maximum absolute atomic E-state index is 15.3. The van der Waals surface area contributed by atoms with Gasteiger partial charge in [0.2, 0.25) is 5.91 Å². The molecule has 0 aromatic heterocycles. The van der Waals surface area contributed by atoms with Crippen molar-refractivity contribution in [2.45, 2.75) is 63.0 Å². The van der Waals surface area contributed by atoms with Gasteiger partial charge in [-0.05, 0) is 68.6 Å². The minimum atomic E-state index is -1.26. The quantitative estimate of drug-likeness (QED) is 0.501. The summed E-state index contributed by atoms with van der Waals surface area (Å²) in [5, 5.41) is 12.4. The van der Waals surface area contributed by atoms with E-state index < -0.39 is 5.60 Å². The van der Waals surface area contributed by atoms with Crippen LogP contribution in [0, 0.1) is 17.7 Å². The molecule has 5 nitrogen and oxygen atoms in total. The van der Waals surface area contributed by atoms with Crippen LogP contribution in [-0.4, -0.2) is 48.8 Å². The monoisotopic (exact) mass is 482 g/mol. The fourth-order valence-electron chi connectivity index (χ4n) is 6.05. The topological polar surface area (TPSA) is 75.8 Å². The molecule has 0 unspecified atom stereocenters. The molecule has 2 fully saturated rings. The first-order valence-corrected chi connectivity index (χ1v) is 13.0. The number of ether oxygens (including phenoxy) is 1. The van der Waals surface area contributed by atoms with Crippen LogP contribution >= 0.6 is 0 Å². The highest BCUT2D eigenvalue weighted by molar-refractivity contribution is 5.79. The van der Waals surface area contributed by atoms with Crippen molar-refractivity contribution < 1.29 is 19.0 Å². The van der Waals surface area contributed by atoms with Gasteiger partial charge >= 0.3 is 0 Å². The average molecular weight is 483 g/mol. The lowest BCUT2D eigenvalue weighted by Gasteiger charge is -2.44. The lowest BCUT2D eigenvalue weighted by Crippen LogP contribution is -2.49. The average Bonchev–Trinajstić information content (AvgIpc) is 3.32. The molecule has 1 saturated carbocycles. The molecule has 190 valence electrons. The molecular weight excluding hydrogens is 443 g/mol. The third-order valence-corrected chi connectivity index (χ3v) is 7.93. The number of halogens is 1. The van der Waals surface area contributed by atoms with Crippen LogP contribution in [0.2, 0.25) is 0 Å². The Kier molecular flexibility index (Phi) is 8.58. The summed E-state index contributed by atoms with van der Waals surface area (Å²) in [5.74, 6) is -0.380. The van der Waals surface area contributed by atoms with Crippen LogP contribution in [0.3, 0.4) is 0 Å². The number of nitrogens with two attached hydrogens (primary N) is 1. The molecule has 0 spiro atoms. The standard InChI is InChI=1S/C29H39FN2O3/c1-35-18-6-5-16-29(34,25-12-7-13-26(30)27(25)21-9-3-2-4-10-21)23-11-8-17-32(20-23)28(33)22-14-15-24(31)19-22/h2-4,7,9-10,12-13,22-24,34H,5-6,8,11,14-20,31H2,1H3/t22-,23-,24+,29+/m1/s1. The summed E-state index contributed by atoms with van der Waals surface area (Å²) >= 11 is 0. The number of hydrogen-bond donors (Lipinski definition) is 2. The van der Waals surface area contributed by atoms with Gasteiger partial charge < -0.3 is 20.5 Å². The number of methoxy groups -OCH3 is 1. The van der Waals surface area contributed by atoms with Gasteiger partial charge in [-0.2, -0.15) is 0 Å². The van der Waals surface area contributed by atoms with E-state index in [9.17, 15) is 9.90 Å². The summed E-state index contributed by atoms with van der Waals surface area (Å²) in [6.07, 6.45) is 6.13. The van der Waals surface area contributed by atoms with E-state index in [0.717, 1.165) is 50.5 Å². The summed E-state index contributed by atoms with van der Waals surface area (Å²) in [5.41, 5.74) is 6.63. The number of piperidine rings is 1. The number of likely N-dealkylation sites (tertiary alicyclic amines) is 1. The van der Waals surface area contributed by atoms with Crippen molar-refractivity contribution in [2.75, 3.05) is 26.8 Å². The van der Waals surface area contributed by atoms with Gasteiger partial charge in [-0.1, -0.05) is 42.5 Å². The number of benzene rings is 2. The maximum atomic E-state index is 15.3. The van der Waals surface area contributed by atoms with E-state index in [0.29, 0.717) is 37.2 Å². The van der Waals surface area contributed by atoms with Crippen LogP contribution in [0.25, 0.3) is 11.1 Å². The lowest BCUT2D eigenvalue weighted by atomic mass is 9.72. The summed E-state index contributed by atoms with van der Waals surface area (Å²) < 4.78 is 20.5. The third kappa shape index (κ3) is 5.76. The zero-order chi connectivity index (χ0) is 24.8. The number of nitrogens with zero attached hydrogens (tertiary/aromatic N) is 1. The fourth-order valence-corrected chi connectivity index (χ4v) is 6.05. The Bertz CT molecular complexity index is 985. The van der Waals surface area contributed by atoms with Crippen LogP contribution in [-0.2, 0) is 15.1 Å². The number of aliphatic hydroxyl groups is 1. The van der Waals surface area contributed by atoms with Crippen LogP contribution in [0.15, 0.2) is 48.5 Å². The van der Waals surface area contributed by atoms with E-state index in [-0.39, 0.29) is 29.6 Å². The molecule has 3 N–H and O–H groups in total. The Balaban J connectivity index is 1.67. The summed E-state index contributed by atoms with van der Waals surface area (Å²) in [7, 11) is 1.67. The molecule has 4 rings (SSSR count). The van der Waals surface area contributed by atoms with Crippen molar-refractivity contribution >= 4 is 5.91 Å². The normalized spacial score (nSPS) is 24.3. The molecule has 0 radical (unpaired) electrons. The molecule has 1 saturated heterocycles. The number of carbonyl (C=O) groups excluding carboxylic acids is 1. The first-order chi connectivity index (χ1) is 16.9. The van der Waals surface area contributed by atoms with Gasteiger partial charge in [0.1, 0.15) is 5.82 Å². The van der Waals surface area contributed by atoms with Gasteiger partial charge in [-0.3, -0.25) is 4.79 Å². The maximum Gasteiger partial charge on any atom is 0.225 e. The fraction of sp³-hybridized carbons (Fsp3) is 0.552. The molecule has 4 atom stereocenters. The molecule has 1 amide bonds. The molecule has 6 heteroatoms. The highest BCUT2D eigenvalue weighted by Gasteiger charge is 2.44. The molecule has 35 heavy (non-hydrogen) atoms. The molecule has 2 aromatic rings. The second-order valence-corrected chi connectivity index (χ2v) is 10.3. The Hall–Kier alpha value is -2.28. The predicted molar refractivity (Wildman–Crippen MR) is 136 cm³/mol. The summed E-state index contributed by atoms with van der Waals surface area (Å²) in [4.78, 5) is 15.2. The number of rotatable bonds is 9. The van der Waals surface area contributed by atoms with Crippen molar-refractivity contribution in [2.24, 2.45) is 17.6 Å². The van der Waals surface area contributed by atoms with E-state index in [2.05, 4.69) is 0 Å². The van der Waals surface area contributed by atoms with Crippen LogP contribution in [0.4, 0.5) is 4.39 Å². The van der Waals surface area contributed by atoms with E-state index in [4.69, 9.17) is 10.5 Å². The van der Waals surface area contributed by atoms with Gasteiger partial charge in [0, 0.05) is 50.2 Å². The minimum absolute atomic E-state index is 0.0207. The zero-order valence-corrected chi connectivity index (χ0v) is 20.8. The van der Waals surface area contributed by atoms with E-state index in [1.165, 1.54) is 6.07 Å². The van der Waals surface area contributed by atoms with Gasteiger partial charge in [0.25, 0.3) is 0 Å². The van der Waals surface area contributed by atoms with Gasteiger partial charge in [-0.25, -0.2) is 4.39 Å². The molecule has 1 heterocycles.